The first-order valence-electron chi connectivity index (χ1n) is 4.77. The molecule has 2 saturated carbocycles. The van der Waals surface area contributed by atoms with Gasteiger partial charge in [0.05, 0.1) is 7.11 Å². The summed E-state index contributed by atoms with van der Waals surface area (Å²) < 4.78 is 9.57. The average molecular weight is 198 g/mol. The van der Waals surface area contributed by atoms with Crippen LogP contribution in [0.5, 0.6) is 0 Å². The molecular weight excluding hydrogens is 184 g/mol. The summed E-state index contributed by atoms with van der Waals surface area (Å²) >= 11 is 0. The molecule has 0 aromatic carbocycles. The highest BCUT2D eigenvalue weighted by atomic mass is 16.7. The Balaban J connectivity index is 2.22. The minimum atomic E-state index is -0.875. The fourth-order valence-corrected chi connectivity index (χ4v) is 2.84. The van der Waals surface area contributed by atoms with Crippen LogP contribution < -0.4 is 0 Å². The molecule has 0 saturated heterocycles. The number of hydrogen-bond donors (Lipinski definition) is 0. The van der Waals surface area contributed by atoms with Crippen molar-refractivity contribution in [2.75, 3.05) is 7.11 Å². The number of carbonyl (C=O) groups is 2. The summed E-state index contributed by atoms with van der Waals surface area (Å²) in [6.45, 7) is 3.91. The predicted molar refractivity (Wildman–Crippen MR) is 47.7 cm³/mol. The third-order valence-corrected chi connectivity index (χ3v) is 3.72. The molecule has 0 radical (unpaired) electrons. The highest BCUT2D eigenvalue weighted by Crippen LogP contribution is 2.70. The van der Waals surface area contributed by atoms with Gasteiger partial charge in [0.25, 0.3) is 0 Å². The van der Waals surface area contributed by atoms with E-state index >= 15 is 0 Å². The van der Waals surface area contributed by atoms with Crippen LogP contribution in [0.3, 0.4) is 0 Å². The molecule has 0 amide bonds. The Morgan fingerprint density at radius 1 is 1.50 bits per heavy atom. The van der Waals surface area contributed by atoms with E-state index in [-0.39, 0.29) is 17.1 Å². The minimum Gasteiger partial charge on any atom is -0.438 e. The third-order valence-electron chi connectivity index (χ3n) is 3.72. The quantitative estimate of drug-likeness (QED) is 0.599. The van der Waals surface area contributed by atoms with E-state index in [1.54, 1.807) is 0 Å². The molecule has 0 aliphatic heterocycles. The third kappa shape index (κ3) is 0.837. The molecule has 2 atom stereocenters. The lowest BCUT2D eigenvalue weighted by Gasteiger charge is -2.17. The fourth-order valence-electron chi connectivity index (χ4n) is 2.84. The summed E-state index contributed by atoms with van der Waals surface area (Å²) in [5, 5.41) is 0. The largest absolute Gasteiger partial charge is 0.509 e. The van der Waals surface area contributed by atoms with Gasteiger partial charge >= 0.3 is 6.16 Å². The van der Waals surface area contributed by atoms with Crippen LogP contribution in [0, 0.1) is 11.3 Å². The summed E-state index contributed by atoms with van der Waals surface area (Å²) in [7, 11) is 1.25. The summed E-state index contributed by atoms with van der Waals surface area (Å²) in [6, 6.07) is 0. The van der Waals surface area contributed by atoms with E-state index in [9.17, 15) is 9.59 Å². The standard InChI is InChI=1S/C10H14O4/c1-9(2)6-4-5-7(11)10(6,9)14-8(12)13-3/h6H,4-5H2,1-3H3. The SMILES string of the molecule is COC(=O)OC12C(=O)CCC1C2(C)C. The number of Topliss-reactive ketones (excluding diaryl/α,β-unsaturated/α-hetero) is 1. The second kappa shape index (κ2) is 2.49. The van der Waals surface area contributed by atoms with Crippen molar-refractivity contribution in [2.24, 2.45) is 11.3 Å². The first kappa shape index (κ1) is 9.49. The van der Waals surface area contributed by atoms with Crippen LogP contribution in [0.25, 0.3) is 0 Å². The Kier molecular flexibility index (Phi) is 1.69. The average Bonchev–Trinajstić information content (AvgIpc) is 2.40. The molecule has 0 aromatic heterocycles. The predicted octanol–water partition coefficient (Wildman–Crippen LogP) is 1.53. The molecule has 14 heavy (non-hydrogen) atoms. The number of fused-ring (bicyclic) bond motifs is 1. The van der Waals surface area contributed by atoms with Crippen molar-refractivity contribution in [3.8, 4) is 0 Å². The number of ketones is 1. The fraction of sp³-hybridized carbons (Fsp3) is 0.800. The van der Waals surface area contributed by atoms with Crippen LogP contribution in [0.15, 0.2) is 0 Å². The van der Waals surface area contributed by atoms with Crippen molar-refractivity contribution in [1.82, 2.24) is 0 Å². The summed E-state index contributed by atoms with van der Waals surface area (Å²) in [6.07, 6.45) is 0.587. The van der Waals surface area contributed by atoms with Crippen LogP contribution in [0.1, 0.15) is 26.7 Å². The van der Waals surface area contributed by atoms with Crippen LogP contribution in [-0.2, 0) is 14.3 Å². The molecular formula is C10H14O4. The van der Waals surface area contributed by atoms with Crippen molar-refractivity contribution in [3.63, 3.8) is 0 Å². The Hall–Kier alpha value is -1.06. The maximum atomic E-state index is 11.7. The van der Waals surface area contributed by atoms with Gasteiger partial charge < -0.3 is 9.47 Å². The van der Waals surface area contributed by atoms with E-state index in [4.69, 9.17) is 4.74 Å². The smallest absolute Gasteiger partial charge is 0.438 e. The van der Waals surface area contributed by atoms with Gasteiger partial charge in [0.1, 0.15) is 0 Å². The number of carbonyl (C=O) groups excluding carboxylic acids is 2. The van der Waals surface area contributed by atoms with Crippen molar-refractivity contribution >= 4 is 11.9 Å². The van der Waals surface area contributed by atoms with Crippen LogP contribution in [0.2, 0.25) is 0 Å². The molecule has 2 aliphatic carbocycles. The lowest BCUT2D eigenvalue weighted by molar-refractivity contribution is -0.131. The summed E-state index contributed by atoms with van der Waals surface area (Å²) in [5.41, 5.74) is -1.09. The van der Waals surface area contributed by atoms with Crippen LogP contribution in [0.4, 0.5) is 4.79 Å². The van der Waals surface area contributed by atoms with E-state index in [1.165, 1.54) is 7.11 Å². The molecule has 4 nitrogen and oxygen atoms in total. The molecule has 0 heterocycles. The van der Waals surface area contributed by atoms with E-state index in [0.717, 1.165) is 6.42 Å². The summed E-state index contributed by atoms with van der Waals surface area (Å²) in [5.74, 6) is 0.222. The minimum absolute atomic E-state index is 0.0397. The summed E-state index contributed by atoms with van der Waals surface area (Å²) in [4.78, 5) is 22.7. The van der Waals surface area contributed by atoms with Gasteiger partial charge in [0.15, 0.2) is 11.4 Å². The van der Waals surface area contributed by atoms with Crippen molar-refractivity contribution < 1.29 is 19.1 Å². The second-order valence-corrected chi connectivity index (χ2v) is 4.53. The van der Waals surface area contributed by atoms with Crippen LogP contribution >= 0.6 is 0 Å². The zero-order valence-corrected chi connectivity index (χ0v) is 8.62. The van der Waals surface area contributed by atoms with Gasteiger partial charge in [-0.1, -0.05) is 13.8 Å². The Bertz CT molecular complexity index is 307. The van der Waals surface area contributed by atoms with E-state index in [1.807, 2.05) is 13.8 Å². The number of hydrogen-bond acceptors (Lipinski definition) is 4. The van der Waals surface area contributed by atoms with Crippen molar-refractivity contribution in [3.05, 3.63) is 0 Å². The number of ether oxygens (including phenoxy) is 2. The molecule has 0 N–H and O–H groups in total. The van der Waals surface area contributed by atoms with Gasteiger partial charge in [0.2, 0.25) is 0 Å². The first-order chi connectivity index (χ1) is 6.46. The highest BCUT2D eigenvalue weighted by molar-refractivity contribution is 5.97. The molecule has 2 rings (SSSR count). The van der Waals surface area contributed by atoms with Gasteiger partial charge in [-0.25, -0.2) is 4.79 Å². The highest BCUT2D eigenvalue weighted by Gasteiger charge is 2.81. The Morgan fingerprint density at radius 2 is 2.14 bits per heavy atom. The monoisotopic (exact) mass is 198 g/mol. The zero-order chi connectivity index (χ0) is 10.6. The van der Waals surface area contributed by atoms with Gasteiger partial charge in [-0.05, 0) is 6.42 Å². The van der Waals surface area contributed by atoms with Gasteiger partial charge in [-0.2, -0.15) is 0 Å². The molecule has 4 heteroatoms. The van der Waals surface area contributed by atoms with E-state index < -0.39 is 11.8 Å². The lowest BCUT2D eigenvalue weighted by atomic mass is 9.98. The van der Waals surface area contributed by atoms with Crippen LogP contribution in [-0.4, -0.2) is 24.6 Å². The Labute approximate surface area is 82.6 Å². The second-order valence-electron chi connectivity index (χ2n) is 4.53. The maximum absolute atomic E-state index is 11.7. The maximum Gasteiger partial charge on any atom is 0.509 e. The molecule has 0 aromatic rings. The molecule has 2 fully saturated rings. The van der Waals surface area contributed by atoms with E-state index in [0.29, 0.717) is 6.42 Å². The molecule has 78 valence electrons. The van der Waals surface area contributed by atoms with Gasteiger partial charge in [-0.3, -0.25) is 4.79 Å². The number of methoxy groups -OCH3 is 1. The first-order valence-corrected chi connectivity index (χ1v) is 4.77. The van der Waals surface area contributed by atoms with E-state index in [2.05, 4.69) is 4.74 Å². The Morgan fingerprint density at radius 3 is 2.57 bits per heavy atom. The molecule has 2 aliphatic rings. The zero-order valence-electron chi connectivity index (χ0n) is 8.62. The van der Waals surface area contributed by atoms with Gasteiger partial charge in [0, 0.05) is 17.8 Å². The lowest BCUT2D eigenvalue weighted by Crippen LogP contribution is -2.32. The van der Waals surface area contributed by atoms with Crippen molar-refractivity contribution in [2.45, 2.75) is 32.3 Å². The topological polar surface area (TPSA) is 52.6 Å². The molecule has 0 bridgehead atoms. The number of rotatable bonds is 1. The molecule has 0 spiro atoms. The van der Waals surface area contributed by atoms with Crippen molar-refractivity contribution in [1.29, 1.82) is 0 Å². The van der Waals surface area contributed by atoms with Gasteiger partial charge in [-0.15, -0.1) is 0 Å². The normalized spacial score (nSPS) is 37.6. The molecule has 2 unspecified atom stereocenters.